The fraction of sp³-hybridized carbons (Fsp3) is 0.294. The minimum Gasteiger partial charge on any atom is -0.384 e. The van der Waals surface area contributed by atoms with Crippen molar-refractivity contribution in [2.45, 2.75) is 31.3 Å². The van der Waals surface area contributed by atoms with Crippen LogP contribution in [0.2, 0.25) is 5.02 Å². The highest BCUT2D eigenvalue weighted by atomic mass is 127. The Morgan fingerprint density at radius 2 is 1.70 bits per heavy atom. The van der Waals surface area contributed by atoms with Crippen LogP contribution >= 0.6 is 34.2 Å². The first kappa shape index (κ1) is 14.4. The molecule has 2 aromatic rings. The summed E-state index contributed by atoms with van der Waals surface area (Å²) in [5, 5.41) is 11.1. The second kappa shape index (κ2) is 6.04. The molecule has 1 unspecified atom stereocenters. The lowest BCUT2D eigenvalue weighted by atomic mass is 9.80. The quantitative estimate of drug-likeness (QED) is 0.696. The van der Waals surface area contributed by atoms with E-state index in [4.69, 9.17) is 11.6 Å². The Balaban J connectivity index is 1.82. The number of halogens is 2. The Kier molecular flexibility index (Phi) is 4.34. The molecule has 0 amide bonds. The maximum Gasteiger partial charge on any atom is 0.104 e. The van der Waals surface area contributed by atoms with Crippen LogP contribution in [0, 0.1) is 3.57 Å². The summed E-state index contributed by atoms with van der Waals surface area (Å²) < 4.78 is 1.00. The van der Waals surface area contributed by atoms with Gasteiger partial charge in [0, 0.05) is 3.57 Å². The zero-order valence-electron chi connectivity index (χ0n) is 11.0. The first-order chi connectivity index (χ1) is 9.65. The third-order valence-electron chi connectivity index (χ3n) is 4.09. The van der Waals surface area contributed by atoms with Crippen molar-refractivity contribution in [1.29, 1.82) is 0 Å². The van der Waals surface area contributed by atoms with Crippen molar-refractivity contribution >= 4 is 34.2 Å². The van der Waals surface area contributed by atoms with E-state index < -0.39 is 6.10 Å². The molecular formula is C17H16ClIO. The van der Waals surface area contributed by atoms with Gasteiger partial charge in [0.15, 0.2) is 0 Å². The van der Waals surface area contributed by atoms with Gasteiger partial charge in [0.05, 0.1) is 5.02 Å². The Bertz CT molecular complexity index is 605. The maximum atomic E-state index is 10.4. The van der Waals surface area contributed by atoms with Gasteiger partial charge in [-0.2, -0.15) is 0 Å². The van der Waals surface area contributed by atoms with E-state index in [1.54, 1.807) is 0 Å². The summed E-state index contributed by atoms with van der Waals surface area (Å²) in [4.78, 5) is 0. The maximum absolute atomic E-state index is 10.4. The highest BCUT2D eigenvalue weighted by molar-refractivity contribution is 14.1. The van der Waals surface area contributed by atoms with Crippen LogP contribution in [0.4, 0.5) is 0 Å². The summed E-state index contributed by atoms with van der Waals surface area (Å²) in [6.45, 7) is 0. The predicted molar refractivity (Wildman–Crippen MR) is 91.3 cm³/mol. The van der Waals surface area contributed by atoms with Gasteiger partial charge in [0.2, 0.25) is 0 Å². The third kappa shape index (κ3) is 2.87. The van der Waals surface area contributed by atoms with E-state index in [1.807, 2.05) is 30.3 Å². The van der Waals surface area contributed by atoms with Crippen LogP contribution < -0.4 is 0 Å². The molecule has 0 spiro atoms. The largest absolute Gasteiger partial charge is 0.384 e. The van der Waals surface area contributed by atoms with Gasteiger partial charge in [-0.15, -0.1) is 0 Å². The zero-order chi connectivity index (χ0) is 14.1. The Labute approximate surface area is 138 Å². The fourth-order valence-electron chi connectivity index (χ4n) is 2.57. The van der Waals surface area contributed by atoms with Crippen molar-refractivity contribution in [3.05, 3.63) is 67.7 Å². The highest BCUT2D eigenvalue weighted by Crippen LogP contribution is 2.37. The lowest BCUT2D eigenvalue weighted by Gasteiger charge is -2.26. The molecule has 3 rings (SSSR count). The number of aliphatic hydroxyl groups is 1. The number of hydrogen-bond donors (Lipinski definition) is 1. The summed E-state index contributed by atoms with van der Waals surface area (Å²) in [5.41, 5.74) is 3.16. The molecule has 0 heterocycles. The van der Waals surface area contributed by atoms with Gasteiger partial charge in [-0.05, 0) is 70.2 Å². The molecule has 1 nitrogen and oxygen atoms in total. The molecule has 104 valence electrons. The van der Waals surface area contributed by atoms with E-state index in [9.17, 15) is 5.11 Å². The van der Waals surface area contributed by atoms with Crippen molar-refractivity contribution in [3.63, 3.8) is 0 Å². The van der Waals surface area contributed by atoms with Crippen molar-refractivity contribution in [2.24, 2.45) is 0 Å². The smallest absolute Gasteiger partial charge is 0.104 e. The average Bonchev–Trinajstić information content (AvgIpc) is 2.40. The lowest BCUT2D eigenvalue weighted by molar-refractivity contribution is 0.220. The van der Waals surface area contributed by atoms with Gasteiger partial charge in [0.25, 0.3) is 0 Å². The van der Waals surface area contributed by atoms with Gasteiger partial charge < -0.3 is 5.11 Å². The Morgan fingerprint density at radius 3 is 2.25 bits per heavy atom. The molecular weight excluding hydrogens is 383 g/mol. The van der Waals surface area contributed by atoms with Crippen LogP contribution in [0.5, 0.6) is 0 Å². The fourth-order valence-corrected chi connectivity index (χ4v) is 3.09. The molecule has 2 aromatic carbocycles. The van der Waals surface area contributed by atoms with Gasteiger partial charge in [-0.3, -0.25) is 0 Å². The molecule has 0 bridgehead atoms. The van der Waals surface area contributed by atoms with E-state index in [-0.39, 0.29) is 0 Å². The molecule has 0 radical (unpaired) electrons. The molecule has 1 aliphatic carbocycles. The van der Waals surface area contributed by atoms with E-state index in [1.165, 1.54) is 24.8 Å². The van der Waals surface area contributed by atoms with Crippen molar-refractivity contribution < 1.29 is 5.11 Å². The van der Waals surface area contributed by atoms with E-state index in [0.29, 0.717) is 5.02 Å². The predicted octanol–water partition coefficient (Wildman–Crippen LogP) is 5.29. The van der Waals surface area contributed by atoms with Crippen molar-refractivity contribution in [2.75, 3.05) is 0 Å². The first-order valence-corrected chi connectivity index (χ1v) is 8.33. The van der Waals surface area contributed by atoms with Crippen LogP contribution in [0.3, 0.4) is 0 Å². The second-order valence-electron chi connectivity index (χ2n) is 5.37. The zero-order valence-corrected chi connectivity index (χ0v) is 13.9. The lowest BCUT2D eigenvalue weighted by Crippen LogP contribution is -2.09. The summed E-state index contributed by atoms with van der Waals surface area (Å²) in [6, 6.07) is 14.1. The van der Waals surface area contributed by atoms with E-state index in [0.717, 1.165) is 20.6 Å². The molecule has 1 saturated carbocycles. The molecule has 1 fully saturated rings. The summed E-state index contributed by atoms with van der Waals surface area (Å²) in [7, 11) is 0. The number of aliphatic hydroxyl groups excluding tert-OH is 1. The summed E-state index contributed by atoms with van der Waals surface area (Å²) in [6.07, 6.45) is 3.33. The normalized spacial score (nSPS) is 16.8. The van der Waals surface area contributed by atoms with E-state index in [2.05, 4.69) is 34.7 Å². The van der Waals surface area contributed by atoms with Crippen LogP contribution in [-0.4, -0.2) is 5.11 Å². The summed E-state index contributed by atoms with van der Waals surface area (Å²) >= 11 is 8.31. The molecule has 0 saturated heterocycles. The van der Waals surface area contributed by atoms with Crippen LogP contribution in [0.1, 0.15) is 48.0 Å². The molecule has 1 atom stereocenters. The summed E-state index contributed by atoms with van der Waals surface area (Å²) in [5.74, 6) is 0.731. The van der Waals surface area contributed by atoms with Crippen LogP contribution in [0.15, 0.2) is 42.5 Å². The molecule has 3 heteroatoms. The van der Waals surface area contributed by atoms with Gasteiger partial charge in [-0.25, -0.2) is 0 Å². The number of hydrogen-bond acceptors (Lipinski definition) is 1. The Morgan fingerprint density at radius 1 is 1.05 bits per heavy atom. The van der Waals surface area contributed by atoms with Gasteiger partial charge >= 0.3 is 0 Å². The monoisotopic (exact) mass is 398 g/mol. The van der Waals surface area contributed by atoms with Gasteiger partial charge in [0.1, 0.15) is 6.10 Å². The average molecular weight is 399 g/mol. The minimum atomic E-state index is -0.611. The van der Waals surface area contributed by atoms with Crippen molar-refractivity contribution in [1.82, 2.24) is 0 Å². The number of rotatable bonds is 3. The number of benzene rings is 2. The first-order valence-electron chi connectivity index (χ1n) is 6.88. The molecule has 0 aromatic heterocycles. The Hall–Kier alpha value is -0.580. The van der Waals surface area contributed by atoms with E-state index >= 15 is 0 Å². The van der Waals surface area contributed by atoms with Gasteiger partial charge in [-0.1, -0.05) is 48.4 Å². The standard InChI is InChI=1S/C17H16ClIO/c18-15-10-14(8-9-16(15)19)17(20)13-6-4-12(5-7-13)11-2-1-3-11/h4-11,17,20H,1-3H2. The molecule has 1 N–H and O–H groups in total. The topological polar surface area (TPSA) is 20.2 Å². The molecule has 1 aliphatic rings. The third-order valence-corrected chi connectivity index (χ3v) is 5.66. The van der Waals surface area contributed by atoms with Crippen LogP contribution in [-0.2, 0) is 0 Å². The molecule has 20 heavy (non-hydrogen) atoms. The van der Waals surface area contributed by atoms with Crippen molar-refractivity contribution in [3.8, 4) is 0 Å². The second-order valence-corrected chi connectivity index (χ2v) is 6.94. The SMILES string of the molecule is OC(c1ccc(C2CCC2)cc1)c1ccc(I)c(Cl)c1. The highest BCUT2D eigenvalue weighted by Gasteiger charge is 2.19. The molecule has 0 aliphatic heterocycles. The minimum absolute atomic E-state index is 0.611. The van der Waals surface area contributed by atoms with Crippen LogP contribution in [0.25, 0.3) is 0 Å².